The van der Waals surface area contributed by atoms with E-state index in [4.69, 9.17) is 0 Å². The third-order valence-corrected chi connectivity index (χ3v) is 3.32. The molecule has 0 saturated heterocycles. The van der Waals surface area contributed by atoms with Crippen molar-refractivity contribution in [1.82, 2.24) is 5.32 Å². The van der Waals surface area contributed by atoms with E-state index in [0.29, 0.717) is 5.75 Å². The summed E-state index contributed by atoms with van der Waals surface area (Å²) < 4.78 is 0.994. The minimum absolute atomic E-state index is 0.176. The number of phenolic OH excluding ortho intramolecular Hbond substituents is 1. The van der Waals surface area contributed by atoms with Gasteiger partial charge in [0.2, 0.25) is 0 Å². The molecule has 15 heavy (non-hydrogen) atoms. The minimum atomic E-state index is 0.176. The molecule has 0 aliphatic rings. The molecular weight excluding hydrogens is 274 g/mol. The van der Waals surface area contributed by atoms with Gasteiger partial charge in [-0.15, -0.1) is 0 Å². The molecule has 84 valence electrons. The summed E-state index contributed by atoms with van der Waals surface area (Å²) in [6.45, 7) is 3.01. The van der Waals surface area contributed by atoms with Crippen LogP contribution in [0.1, 0.15) is 18.5 Å². The van der Waals surface area contributed by atoms with Gasteiger partial charge >= 0.3 is 0 Å². The van der Waals surface area contributed by atoms with Gasteiger partial charge in [0.25, 0.3) is 0 Å². The number of rotatable bonds is 5. The SMILES string of the molecule is CSCCNC(C)c1cc(Br)ccc1O. The first-order valence-corrected chi connectivity index (χ1v) is 7.04. The normalized spacial score (nSPS) is 12.7. The van der Waals surface area contributed by atoms with Crippen molar-refractivity contribution in [2.24, 2.45) is 0 Å². The summed E-state index contributed by atoms with van der Waals surface area (Å²) in [5.41, 5.74) is 0.936. The topological polar surface area (TPSA) is 32.3 Å². The molecule has 0 saturated carbocycles. The highest BCUT2D eigenvalue weighted by Gasteiger charge is 2.09. The number of thioether (sulfide) groups is 1. The largest absolute Gasteiger partial charge is 0.508 e. The molecule has 0 heterocycles. The molecule has 1 atom stereocenters. The van der Waals surface area contributed by atoms with E-state index in [-0.39, 0.29) is 6.04 Å². The van der Waals surface area contributed by atoms with Gasteiger partial charge in [-0.05, 0) is 31.4 Å². The van der Waals surface area contributed by atoms with Crippen LogP contribution in [-0.2, 0) is 0 Å². The van der Waals surface area contributed by atoms with Gasteiger partial charge in [-0.1, -0.05) is 15.9 Å². The molecule has 1 unspecified atom stereocenters. The van der Waals surface area contributed by atoms with Crippen LogP contribution >= 0.6 is 27.7 Å². The van der Waals surface area contributed by atoms with Crippen LogP contribution in [0.2, 0.25) is 0 Å². The highest BCUT2D eigenvalue weighted by Crippen LogP contribution is 2.27. The Labute approximate surface area is 104 Å². The molecule has 0 amide bonds. The Morgan fingerprint density at radius 3 is 2.93 bits per heavy atom. The zero-order chi connectivity index (χ0) is 11.3. The van der Waals surface area contributed by atoms with Crippen LogP contribution in [-0.4, -0.2) is 23.7 Å². The number of nitrogens with one attached hydrogen (secondary N) is 1. The Bertz CT molecular complexity index is 319. The van der Waals surface area contributed by atoms with Gasteiger partial charge in [0.15, 0.2) is 0 Å². The van der Waals surface area contributed by atoms with Crippen LogP contribution in [0.4, 0.5) is 0 Å². The molecule has 0 aromatic heterocycles. The van der Waals surface area contributed by atoms with E-state index in [1.165, 1.54) is 0 Å². The monoisotopic (exact) mass is 289 g/mol. The lowest BCUT2D eigenvalue weighted by molar-refractivity contribution is 0.454. The molecule has 0 bridgehead atoms. The molecule has 1 aromatic carbocycles. The van der Waals surface area contributed by atoms with E-state index in [1.807, 2.05) is 23.9 Å². The molecule has 0 aliphatic carbocycles. The van der Waals surface area contributed by atoms with E-state index < -0.39 is 0 Å². The second kappa shape index (κ2) is 6.40. The van der Waals surface area contributed by atoms with Gasteiger partial charge in [0.05, 0.1) is 0 Å². The number of hydrogen-bond donors (Lipinski definition) is 2. The van der Waals surface area contributed by atoms with Crippen LogP contribution in [0.15, 0.2) is 22.7 Å². The third kappa shape index (κ3) is 4.05. The van der Waals surface area contributed by atoms with Crippen molar-refractivity contribution in [1.29, 1.82) is 0 Å². The lowest BCUT2D eigenvalue weighted by Crippen LogP contribution is -2.21. The zero-order valence-electron chi connectivity index (χ0n) is 8.96. The van der Waals surface area contributed by atoms with Gasteiger partial charge in [-0.3, -0.25) is 0 Å². The highest BCUT2D eigenvalue weighted by atomic mass is 79.9. The summed E-state index contributed by atoms with van der Waals surface area (Å²) in [7, 11) is 0. The zero-order valence-corrected chi connectivity index (χ0v) is 11.4. The molecule has 2 nitrogen and oxygen atoms in total. The average Bonchev–Trinajstić information content (AvgIpc) is 2.22. The Balaban J connectivity index is 2.64. The smallest absolute Gasteiger partial charge is 0.120 e. The first kappa shape index (κ1) is 12.9. The number of aromatic hydroxyl groups is 1. The summed E-state index contributed by atoms with van der Waals surface area (Å²) in [6, 6.07) is 5.68. The van der Waals surface area contributed by atoms with E-state index >= 15 is 0 Å². The highest BCUT2D eigenvalue weighted by molar-refractivity contribution is 9.10. The molecule has 4 heteroatoms. The number of benzene rings is 1. The minimum Gasteiger partial charge on any atom is -0.508 e. The number of hydrogen-bond acceptors (Lipinski definition) is 3. The van der Waals surface area contributed by atoms with E-state index in [1.54, 1.807) is 6.07 Å². The summed E-state index contributed by atoms with van der Waals surface area (Å²) in [5.74, 6) is 1.43. The quantitative estimate of drug-likeness (QED) is 0.817. The summed E-state index contributed by atoms with van der Waals surface area (Å²) in [6.07, 6.45) is 2.09. The number of phenols is 1. The maximum Gasteiger partial charge on any atom is 0.120 e. The molecule has 0 spiro atoms. The molecule has 1 aromatic rings. The van der Waals surface area contributed by atoms with Gasteiger partial charge in [-0.25, -0.2) is 0 Å². The molecule has 0 radical (unpaired) electrons. The van der Waals surface area contributed by atoms with Crippen molar-refractivity contribution in [2.75, 3.05) is 18.6 Å². The summed E-state index contributed by atoms with van der Waals surface area (Å²) in [4.78, 5) is 0. The Hall–Kier alpha value is -0.190. The second-order valence-corrected chi connectivity index (χ2v) is 5.27. The fraction of sp³-hybridized carbons (Fsp3) is 0.455. The molecule has 0 fully saturated rings. The van der Waals surface area contributed by atoms with Gasteiger partial charge in [0, 0.05) is 28.4 Å². The van der Waals surface area contributed by atoms with Crippen LogP contribution in [0, 0.1) is 0 Å². The summed E-state index contributed by atoms with van der Waals surface area (Å²) in [5, 5.41) is 13.1. The molecular formula is C11H16BrNOS. The predicted octanol–water partition coefficient (Wildman–Crippen LogP) is 3.17. The fourth-order valence-electron chi connectivity index (χ4n) is 1.36. The van der Waals surface area contributed by atoms with Crippen molar-refractivity contribution in [3.8, 4) is 5.75 Å². The van der Waals surface area contributed by atoms with Crippen LogP contribution in [0.5, 0.6) is 5.75 Å². The van der Waals surface area contributed by atoms with Crippen LogP contribution in [0.3, 0.4) is 0 Å². The second-order valence-electron chi connectivity index (χ2n) is 3.37. The van der Waals surface area contributed by atoms with Crippen molar-refractivity contribution in [3.05, 3.63) is 28.2 Å². The lowest BCUT2D eigenvalue weighted by Gasteiger charge is -2.15. The maximum atomic E-state index is 9.70. The fourth-order valence-corrected chi connectivity index (χ4v) is 2.06. The first-order chi connectivity index (χ1) is 7.15. The Kier molecular flexibility index (Phi) is 5.50. The standard InChI is InChI=1S/C11H16BrNOS/c1-8(13-5-6-15-2)10-7-9(12)3-4-11(10)14/h3-4,7-8,13-14H,5-6H2,1-2H3. The molecule has 0 aliphatic heterocycles. The number of halogens is 1. The van der Waals surface area contributed by atoms with E-state index in [9.17, 15) is 5.11 Å². The van der Waals surface area contributed by atoms with Gasteiger partial charge in [0.1, 0.15) is 5.75 Å². The van der Waals surface area contributed by atoms with Crippen LogP contribution in [0.25, 0.3) is 0 Å². The lowest BCUT2D eigenvalue weighted by atomic mass is 10.1. The van der Waals surface area contributed by atoms with E-state index in [2.05, 4.69) is 34.4 Å². The summed E-state index contributed by atoms with van der Waals surface area (Å²) >= 11 is 5.22. The Morgan fingerprint density at radius 2 is 2.27 bits per heavy atom. The Morgan fingerprint density at radius 1 is 1.53 bits per heavy atom. The predicted molar refractivity (Wildman–Crippen MR) is 70.6 cm³/mol. The average molecular weight is 290 g/mol. The van der Waals surface area contributed by atoms with Crippen molar-refractivity contribution < 1.29 is 5.11 Å². The molecule has 2 N–H and O–H groups in total. The van der Waals surface area contributed by atoms with E-state index in [0.717, 1.165) is 22.3 Å². The first-order valence-electron chi connectivity index (χ1n) is 4.86. The third-order valence-electron chi connectivity index (χ3n) is 2.21. The molecule has 1 rings (SSSR count). The van der Waals surface area contributed by atoms with Crippen molar-refractivity contribution in [3.63, 3.8) is 0 Å². The van der Waals surface area contributed by atoms with Crippen molar-refractivity contribution >= 4 is 27.7 Å². The maximum absolute atomic E-state index is 9.70. The van der Waals surface area contributed by atoms with Crippen LogP contribution < -0.4 is 5.32 Å². The van der Waals surface area contributed by atoms with Crippen molar-refractivity contribution in [2.45, 2.75) is 13.0 Å². The van der Waals surface area contributed by atoms with Gasteiger partial charge in [-0.2, -0.15) is 11.8 Å². The van der Waals surface area contributed by atoms with Gasteiger partial charge < -0.3 is 10.4 Å².